The van der Waals surface area contributed by atoms with Gasteiger partial charge in [0.1, 0.15) is 12.4 Å². The van der Waals surface area contributed by atoms with Gasteiger partial charge in [-0.3, -0.25) is 0 Å². The summed E-state index contributed by atoms with van der Waals surface area (Å²) in [7, 11) is 0. The van der Waals surface area contributed by atoms with Gasteiger partial charge in [0.2, 0.25) is 0 Å². The number of hydrogen-bond donors (Lipinski definition) is 1. The Morgan fingerprint density at radius 2 is 2.10 bits per heavy atom. The number of ether oxygens (including phenoxy) is 1. The molecule has 1 aliphatic carbocycles. The van der Waals surface area contributed by atoms with E-state index in [4.69, 9.17) is 11.2 Å². The zero-order chi connectivity index (χ0) is 14.2. The van der Waals surface area contributed by atoms with Crippen LogP contribution in [-0.4, -0.2) is 12.6 Å². The molecule has 2 atom stereocenters. The Bertz CT molecular complexity index is 449. The molecule has 1 N–H and O–H groups in total. The minimum atomic E-state index is 0.331. The number of para-hydroxylation sites is 1. The minimum absolute atomic E-state index is 0.331. The van der Waals surface area contributed by atoms with Crippen LogP contribution in [0, 0.1) is 18.3 Å². The van der Waals surface area contributed by atoms with Crippen LogP contribution in [0.15, 0.2) is 24.3 Å². The lowest BCUT2D eigenvalue weighted by atomic mass is 10.0. The van der Waals surface area contributed by atoms with Gasteiger partial charge in [0, 0.05) is 18.2 Å². The highest BCUT2D eigenvalue weighted by atomic mass is 16.5. The molecule has 2 heteroatoms. The first-order chi connectivity index (χ1) is 9.79. The van der Waals surface area contributed by atoms with Crippen LogP contribution in [0.25, 0.3) is 0 Å². The molecule has 0 heterocycles. The van der Waals surface area contributed by atoms with E-state index in [0.29, 0.717) is 12.6 Å². The normalized spacial score (nSPS) is 22.8. The Kier molecular flexibility index (Phi) is 5.95. The minimum Gasteiger partial charge on any atom is -0.481 e. The summed E-state index contributed by atoms with van der Waals surface area (Å²) in [5.74, 6) is 4.30. The summed E-state index contributed by atoms with van der Waals surface area (Å²) < 4.78 is 5.59. The summed E-state index contributed by atoms with van der Waals surface area (Å²) in [5, 5.41) is 3.68. The van der Waals surface area contributed by atoms with Crippen LogP contribution in [0.5, 0.6) is 5.75 Å². The monoisotopic (exact) mass is 271 g/mol. The SMILES string of the molecule is C#CCOc1ccccc1CNC1CCCC(C)CC1. The van der Waals surface area contributed by atoms with Gasteiger partial charge in [-0.1, -0.05) is 43.9 Å². The molecule has 0 radical (unpaired) electrons. The first-order valence-corrected chi connectivity index (χ1v) is 7.67. The van der Waals surface area contributed by atoms with Crippen LogP contribution in [0.2, 0.25) is 0 Å². The maximum atomic E-state index is 5.59. The third-order valence-corrected chi connectivity index (χ3v) is 4.12. The van der Waals surface area contributed by atoms with Gasteiger partial charge in [0.05, 0.1) is 0 Å². The Morgan fingerprint density at radius 3 is 2.95 bits per heavy atom. The van der Waals surface area contributed by atoms with E-state index in [1.54, 1.807) is 0 Å². The smallest absolute Gasteiger partial charge is 0.148 e. The molecule has 2 rings (SSSR count). The van der Waals surface area contributed by atoms with Crippen LogP contribution in [0.1, 0.15) is 44.6 Å². The number of terminal acetylenes is 1. The molecule has 0 spiro atoms. The molecule has 0 amide bonds. The second-order valence-corrected chi connectivity index (χ2v) is 5.79. The second kappa shape index (κ2) is 7.97. The lowest BCUT2D eigenvalue weighted by molar-refractivity contribution is 0.362. The van der Waals surface area contributed by atoms with Crippen molar-refractivity contribution in [1.29, 1.82) is 0 Å². The third kappa shape index (κ3) is 4.58. The van der Waals surface area contributed by atoms with Crippen LogP contribution in [0.3, 0.4) is 0 Å². The van der Waals surface area contributed by atoms with Crippen molar-refractivity contribution in [2.24, 2.45) is 5.92 Å². The predicted octanol–water partition coefficient (Wildman–Crippen LogP) is 3.76. The Morgan fingerprint density at radius 1 is 1.25 bits per heavy atom. The molecule has 2 nitrogen and oxygen atoms in total. The third-order valence-electron chi connectivity index (χ3n) is 4.12. The topological polar surface area (TPSA) is 21.3 Å². The van der Waals surface area contributed by atoms with E-state index in [1.807, 2.05) is 12.1 Å². The number of nitrogens with one attached hydrogen (secondary N) is 1. The van der Waals surface area contributed by atoms with Gasteiger partial charge in [-0.15, -0.1) is 6.42 Å². The predicted molar refractivity (Wildman–Crippen MR) is 83.6 cm³/mol. The summed E-state index contributed by atoms with van der Waals surface area (Å²) in [5.41, 5.74) is 1.19. The van der Waals surface area contributed by atoms with E-state index in [2.05, 4.69) is 30.3 Å². The number of benzene rings is 1. The molecule has 1 saturated carbocycles. The lowest BCUT2D eigenvalue weighted by Gasteiger charge is -2.17. The Hall–Kier alpha value is -1.46. The van der Waals surface area contributed by atoms with Crippen molar-refractivity contribution in [2.45, 2.75) is 51.6 Å². The standard InChI is InChI=1S/C18H25NO/c1-3-13-20-18-10-5-4-8-16(18)14-19-17-9-6-7-15(2)11-12-17/h1,4-5,8,10,15,17,19H,6-7,9,11-14H2,2H3. The second-order valence-electron chi connectivity index (χ2n) is 5.79. The van der Waals surface area contributed by atoms with Gasteiger partial charge in [0.15, 0.2) is 0 Å². The van der Waals surface area contributed by atoms with E-state index < -0.39 is 0 Å². The Balaban J connectivity index is 1.88. The molecule has 0 aliphatic heterocycles. The van der Waals surface area contributed by atoms with Crippen molar-refractivity contribution < 1.29 is 4.74 Å². The zero-order valence-electron chi connectivity index (χ0n) is 12.4. The summed E-state index contributed by atoms with van der Waals surface area (Å²) >= 11 is 0. The fourth-order valence-corrected chi connectivity index (χ4v) is 2.86. The maximum Gasteiger partial charge on any atom is 0.148 e. The van der Waals surface area contributed by atoms with Crippen molar-refractivity contribution in [1.82, 2.24) is 5.32 Å². The zero-order valence-corrected chi connectivity index (χ0v) is 12.4. The van der Waals surface area contributed by atoms with Gasteiger partial charge in [-0.2, -0.15) is 0 Å². The molecule has 20 heavy (non-hydrogen) atoms. The van der Waals surface area contributed by atoms with Gasteiger partial charge in [-0.05, 0) is 31.2 Å². The summed E-state index contributed by atoms with van der Waals surface area (Å²) in [6.45, 7) is 3.56. The van der Waals surface area contributed by atoms with Gasteiger partial charge < -0.3 is 10.1 Å². The quantitative estimate of drug-likeness (QED) is 0.650. The lowest BCUT2D eigenvalue weighted by Crippen LogP contribution is -2.28. The van der Waals surface area contributed by atoms with Crippen LogP contribution >= 0.6 is 0 Å². The first kappa shape index (κ1) is 14.9. The molecule has 0 bridgehead atoms. The van der Waals surface area contributed by atoms with E-state index >= 15 is 0 Å². The fraction of sp³-hybridized carbons (Fsp3) is 0.556. The molecule has 0 aromatic heterocycles. The molecule has 2 unspecified atom stereocenters. The van der Waals surface area contributed by atoms with Crippen molar-refractivity contribution in [3.05, 3.63) is 29.8 Å². The Labute approximate surface area is 122 Å². The van der Waals surface area contributed by atoms with Crippen LogP contribution in [-0.2, 0) is 6.54 Å². The highest BCUT2D eigenvalue weighted by Crippen LogP contribution is 2.24. The molecule has 1 aromatic carbocycles. The molecule has 1 aliphatic rings. The fourth-order valence-electron chi connectivity index (χ4n) is 2.86. The van der Waals surface area contributed by atoms with Crippen molar-refractivity contribution in [3.63, 3.8) is 0 Å². The van der Waals surface area contributed by atoms with Gasteiger partial charge in [-0.25, -0.2) is 0 Å². The van der Waals surface area contributed by atoms with Crippen molar-refractivity contribution in [2.75, 3.05) is 6.61 Å². The average molecular weight is 271 g/mol. The van der Waals surface area contributed by atoms with Gasteiger partial charge in [0.25, 0.3) is 0 Å². The molecular formula is C18H25NO. The van der Waals surface area contributed by atoms with Crippen LogP contribution in [0.4, 0.5) is 0 Å². The van der Waals surface area contributed by atoms with Gasteiger partial charge >= 0.3 is 0 Å². The van der Waals surface area contributed by atoms with Crippen LogP contribution < -0.4 is 10.1 Å². The number of rotatable bonds is 5. The molecular weight excluding hydrogens is 246 g/mol. The molecule has 0 saturated heterocycles. The first-order valence-electron chi connectivity index (χ1n) is 7.67. The summed E-state index contributed by atoms with van der Waals surface area (Å²) in [4.78, 5) is 0. The summed E-state index contributed by atoms with van der Waals surface area (Å²) in [6, 6.07) is 8.78. The summed E-state index contributed by atoms with van der Waals surface area (Å²) in [6.07, 6.45) is 11.9. The molecule has 108 valence electrons. The van der Waals surface area contributed by atoms with Crippen molar-refractivity contribution >= 4 is 0 Å². The largest absolute Gasteiger partial charge is 0.481 e. The highest BCUT2D eigenvalue weighted by molar-refractivity contribution is 5.33. The van der Waals surface area contributed by atoms with E-state index in [0.717, 1.165) is 18.2 Å². The molecule has 1 aromatic rings. The number of hydrogen-bond acceptors (Lipinski definition) is 2. The maximum absolute atomic E-state index is 5.59. The van der Waals surface area contributed by atoms with Crippen molar-refractivity contribution in [3.8, 4) is 18.1 Å². The van der Waals surface area contributed by atoms with E-state index in [-0.39, 0.29) is 0 Å². The van der Waals surface area contributed by atoms with E-state index in [9.17, 15) is 0 Å². The van der Waals surface area contributed by atoms with E-state index in [1.165, 1.54) is 37.7 Å². The average Bonchev–Trinajstić information content (AvgIpc) is 2.68. The molecule has 1 fully saturated rings. The highest BCUT2D eigenvalue weighted by Gasteiger charge is 2.16.